The third kappa shape index (κ3) is 4.49. The van der Waals surface area contributed by atoms with Gasteiger partial charge in [0.1, 0.15) is 4.88 Å². The SMILES string of the molecule is CCCc1nnsc1C(=O)N1CCCSCC1CN1CCCCC1. The lowest BCUT2D eigenvalue weighted by Gasteiger charge is -2.35. The molecule has 5 nitrogen and oxygen atoms in total. The summed E-state index contributed by atoms with van der Waals surface area (Å²) < 4.78 is 4.05. The molecule has 1 aromatic rings. The number of hydrogen-bond acceptors (Lipinski definition) is 6. The van der Waals surface area contributed by atoms with Gasteiger partial charge in [-0.05, 0) is 56.1 Å². The van der Waals surface area contributed by atoms with Gasteiger partial charge >= 0.3 is 0 Å². The van der Waals surface area contributed by atoms with E-state index in [0.29, 0.717) is 6.04 Å². The summed E-state index contributed by atoms with van der Waals surface area (Å²) in [7, 11) is 0. The Hall–Kier alpha value is -0.660. The van der Waals surface area contributed by atoms with Gasteiger partial charge in [-0.3, -0.25) is 4.79 Å². The molecule has 0 radical (unpaired) electrons. The number of carbonyl (C=O) groups excluding carboxylic acids is 1. The Labute approximate surface area is 153 Å². The van der Waals surface area contributed by atoms with Crippen LogP contribution < -0.4 is 0 Å². The molecule has 1 unspecified atom stereocenters. The fraction of sp³-hybridized carbons (Fsp3) is 0.824. The number of piperidine rings is 1. The van der Waals surface area contributed by atoms with Crippen LogP contribution in [0.5, 0.6) is 0 Å². The Balaban J connectivity index is 1.73. The van der Waals surface area contributed by atoms with Crippen LogP contribution in [0.2, 0.25) is 0 Å². The molecule has 2 saturated heterocycles. The molecule has 1 atom stereocenters. The van der Waals surface area contributed by atoms with Crippen LogP contribution in [0.25, 0.3) is 0 Å². The number of likely N-dealkylation sites (tertiary alicyclic amines) is 1. The highest BCUT2D eigenvalue weighted by atomic mass is 32.2. The van der Waals surface area contributed by atoms with Crippen molar-refractivity contribution >= 4 is 29.2 Å². The van der Waals surface area contributed by atoms with Gasteiger partial charge in [0.25, 0.3) is 5.91 Å². The maximum absolute atomic E-state index is 13.2. The Kier molecular flexibility index (Phi) is 6.92. The summed E-state index contributed by atoms with van der Waals surface area (Å²) in [6.07, 6.45) is 6.88. The second-order valence-electron chi connectivity index (χ2n) is 6.74. The first-order valence-electron chi connectivity index (χ1n) is 9.22. The van der Waals surface area contributed by atoms with E-state index in [1.165, 1.54) is 43.9 Å². The number of carbonyl (C=O) groups is 1. The summed E-state index contributed by atoms with van der Waals surface area (Å²) in [6.45, 7) is 6.38. The van der Waals surface area contributed by atoms with Crippen molar-refractivity contribution in [3.05, 3.63) is 10.6 Å². The first kappa shape index (κ1) is 18.1. The number of rotatable bonds is 5. The van der Waals surface area contributed by atoms with E-state index in [-0.39, 0.29) is 5.91 Å². The monoisotopic (exact) mass is 368 g/mol. The van der Waals surface area contributed by atoms with Crippen LogP contribution >= 0.6 is 23.3 Å². The first-order chi connectivity index (χ1) is 11.8. The van der Waals surface area contributed by atoms with E-state index in [1.54, 1.807) is 0 Å². The smallest absolute Gasteiger partial charge is 0.267 e. The molecule has 0 bridgehead atoms. The average molecular weight is 369 g/mol. The Morgan fingerprint density at radius 2 is 2.04 bits per heavy atom. The number of thioether (sulfide) groups is 1. The molecule has 2 fully saturated rings. The van der Waals surface area contributed by atoms with E-state index < -0.39 is 0 Å². The Bertz CT molecular complexity index is 530. The average Bonchev–Trinajstić information content (AvgIpc) is 2.94. The largest absolute Gasteiger partial charge is 0.333 e. The number of hydrogen-bond donors (Lipinski definition) is 0. The normalized spacial score (nSPS) is 23.2. The summed E-state index contributed by atoms with van der Waals surface area (Å²) in [5, 5.41) is 4.19. The van der Waals surface area contributed by atoms with Gasteiger partial charge in [-0.2, -0.15) is 11.8 Å². The lowest BCUT2D eigenvalue weighted by Crippen LogP contribution is -2.49. The zero-order valence-corrected chi connectivity index (χ0v) is 16.2. The number of amides is 1. The zero-order chi connectivity index (χ0) is 16.8. The van der Waals surface area contributed by atoms with Crippen molar-refractivity contribution in [1.82, 2.24) is 19.4 Å². The summed E-state index contributed by atoms with van der Waals surface area (Å²) >= 11 is 3.27. The third-order valence-electron chi connectivity index (χ3n) is 4.85. The topological polar surface area (TPSA) is 49.3 Å². The van der Waals surface area contributed by atoms with E-state index in [2.05, 4.69) is 26.3 Å². The van der Waals surface area contributed by atoms with Crippen molar-refractivity contribution in [2.75, 3.05) is 37.7 Å². The zero-order valence-electron chi connectivity index (χ0n) is 14.6. The van der Waals surface area contributed by atoms with Gasteiger partial charge in [0.05, 0.1) is 11.7 Å². The van der Waals surface area contributed by atoms with Crippen LogP contribution in [0.15, 0.2) is 0 Å². The fourth-order valence-electron chi connectivity index (χ4n) is 3.59. The van der Waals surface area contributed by atoms with Crippen molar-refractivity contribution in [2.24, 2.45) is 0 Å². The molecule has 0 spiro atoms. The molecule has 24 heavy (non-hydrogen) atoms. The van der Waals surface area contributed by atoms with Crippen LogP contribution in [0.3, 0.4) is 0 Å². The molecular formula is C17H28N4OS2. The van der Waals surface area contributed by atoms with Crippen molar-refractivity contribution in [1.29, 1.82) is 0 Å². The van der Waals surface area contributed by atoms with Crippen LogP contribution in [0.4, 0.5) is 0 Å². The van der Waals surface area contributed by atoms with Crippen molar-refractivity contribution in [2.45, 2.75) is 51.5 Å². The van der Waals surface area contributed by atoms with Gasteiger partial charge in [-0.1, -0.05) is 24.3 Å². The molecule has 3 rings (SSSR count). The quantitative estimate of drug-likeness (QED) is 0.800. The van der Waals surface area contributed by atoms with E-state index in [4.69, 9.17) is 0 Å². The maximum atomic E-state index is 13.2. The van der Waals surface area contributed by atoms with Gasteiger partial charge in [0, 0.05) is 18.8 Å². The maximum Gasteiger partial charge on any atom is 0.267 e. The van der Waals surface area contributed by atoms with Gasteiger partial charge < -0.3 is 9.80 Å². The van der Waals surface area contributed by atoms with Gasteiger partial charge in [0.2, 0.25) is 0 Å². The summed E-state index contributed by atoms with van der Waals surface area (Å²) in [5.41, 5.74) is 0.890. The summed E-state index contributed by atoms with van der Waals surface area (Å²) in [4.78, 5) is 18.6. The first-order valence-corrected chi connectivity index (χ1v) is 11.1. The highest BCUT2D eigenvalue weighted by Crippen LogP contribution is 2.23. The molecule has 1 amide bonds. The molecule has 134 valence electrons. The highest BCUT2D eigenvalue weighted by molar-refractivity contribution is 7.99. The Morgan fingerprint density at radius 3 is 2.83 bits per heavy atom. The van der Waals surface area contributed by atoms with Crippen LogP contribution in [0.1, 0.15) is 54.4 Å². The second-order valence-corrected chi connectivity index (χ2v) is 8.64. The van der Waals surface area contributed by atoms with Gasteiger partial charge in [-0.15, -0.1) is 5.10 Å². The predicted octanol–water partition coefficient (Wildman–Crippen LogP) is 2.92. The molecule has 3 heterocycles. The van der Waals surface area contributed by atoms with Crippen molar-refractivity contribution in [3.63, 3.8) is 0 Å². The molecule has 0 saturated carbocycles. The summed E-state index contributed by atoms with van der Waals surface area (Å²) in [5.74, 6) is 2.37. The number of aromatic nitrogens is 2. The molecule has 7 heteroatoms. The third-order valence-corrected chi connectivity index (χ3v) is 6.81. The van der Waals surface area contributed by atoms with E-state index in [0.717, 1.165) is 54.4 Å². The molecular weight excluding hydrogens is 340 g/mol. The number of nitrogens with zero attached hydrogens (tertiary/aromatic N) is 4. The standard InChI is InChI=1S/C17H28N4OS2/c1-2-7-15-16(24-19-18-15)17(22)21-10-6-11-23-13-14(21)12-20-8-4-3-5-9-20/h14H,2-13H2,1H3. The molecule has 0 aliphatic carbocycles. The molecule has 2 aliphatic heterocycles. The van der Waals surface area contributed by atoms with Gasteiger partial charge in [0.15, 0.2) is 0 Å². The van der Waals surface area contributed by atoms with E-state index >= 15 is 0 Å². The minimum absolute atomic E-state index is 0.165. The number of aryl methyl sites for hydroxylation is 1. The fourth-order valence-corrected chi connectivity index (χ4v) is 5.31. The van der Waals surface area contributed by atoms with E-state index in [9.17, 15) is 4.79 Å². The highest BCUT2D eigenvalue weighted by Gasteiger charge is 2.31. The van der Waals surface area contributed by atoms with E-state index in [1.807, 2.05) is 11.8 Å². The Morgan fingerprint density at radius 1 is 1.21 bits per heavy atom. The lowest BCUT2D eigenvalue weighted by atomic mass is 10.1. The van der Waals surface area contributed by atoms with Gasteiger partial charge in [-0.25, -0.2) is 0 Å². The van der Waals surface area contributed by atoms with Crippen LogP contribution in [-0.2, 0) is 6.42 Å². The molecule has 0 aromatic carbocycles. The minimum Gasteiger partial charge on any atom is -0.333 e. The predicted molar refractivity (Wildman–Crippen MR) is 101 cm³/mol. The lowest BCUT2D eigenvalue weighted by molar-refractivity contribution is 0.0649. The molecule has 2 aliphatic rings. The van der Waals surface area contributed by atoms with Crippen molar-refractivity contribution < 1.29 is 4.79 Å². The summed E-state index contributed by atoms with van der Waals surface area (Å²) in [6, 6.07) is 0.319. The molecule has 1 aromatic heterocycles. The van der Waals surface area contributed by atoms with Crippen molar-refractivity contribution in [3.8, 4) is 0 Å². The molecule has 0 N–H and O–H groups in total. The second kappa shape index (κ2) is 9.15. The van der Waals surface area contributed by atoms with Crippen LogP contribution in [-0.4, -0.2) is 69.0 Å². The van der Waals surface area contributed by atoms with Crippen LogP contribution in [0, 0.1) is 0 Å². The minimum atomic E-state index is 0.165.